The van der Waals surface area contributed by atoms with Crippen LogP contribution < -0.4 is 16.6 Å². The summed E-state index contributed by atoms with van der Waals surface area (Å²) in [4.78, 5) is 7.02. The Bertz CT molecular complexity index is 271. The van der Waals surface area contributed by atoms with E-state index < -0.39 is 0 Å². The van der Waals surface area contributed by atoms with E-state index in [2.05, 4.69) is 34.6 Å². The van der Waals surface area contributed by atoms with E-state index in [1.165, 1.54) is 0 Å². The summed E-state index contributed by atoms with van der Waals surface area (Å²) in [7, 11) is 3.83. The maximum atomic E-state index is 5.51. The first kappa shape index (κ1) is 15.2. The molecule has 0 spiro atoms. The average molecular weight is 257 g/mol. The summed E-state index contributed by atoms with van der Waals surface area (Å²) in [5.74, 6) is 6.71. The zero-order valence-electron chi connectivity index (χ0n) is 11.9. The van der Waals surface area contributed by atoms with Crippen molar-refractivity contribution in [1.29, 1.82) is 0 Å². The fraction of sp³-hybridized carbons (Fsp3) is 0.917. The Labute approximate surface area is 110 Å². The van der Waals surface area contributed by atoms with Crippen LogP contribution in [-0.4, -0.2) is 56.8 Å². The summed E-state index contributed by atoms with van der Waals surface area (Å²) < 4.78 is 5.08. The molecular formula is C12H27N5O. The van der Waals surface area contributed by atoms with Gasteiger partial charge in [-0.1, -0.05) is 6.92 Å². The summed E-state index contributed by atoms with van der Waals surface area (Å²) in [6.45, 7) is 7.07. The van der Waals surface area contributed by atoms with Crippen molar-refractivity contribution in [2.75, 3.05) is 33.9 Å². The molecule has 0 aromatic carbocycles. The van der Waals surface area contributed by atoms with Crippen molar-refractivity contribution in [2.45, 2.75) is 32.4 Å². The zero-order valence-corrected chi connectivity index (χ0v) is 11.9. The number of hydrogen-bond acceptors (Lipinski definition) is 4. The highest BCUT2D eigenvalue weighted by molar-refractivity contribution is 5.79. The maximum Gasteiger partial charge on any atom is 0.206 e. The summed E-state index contributed by atoms with van der Waals surface area (Å²) >= 11 is 0. The van der Waals surface area contributed by atoms with Crippen molar-refractivity contribution in [3.05, 3.63) is 0 Å². The van der Waals surface area contributed by atoms with Crippen molar-refractivity contribution in [3.8, 4) is 0 Å². The van der Waals surface area contributed by atoms with Gasteiger partial charge in [0.25, 0.3) is 0 Å². The largest absolute Gasteiger partial charge is 0.383 e. The Morgan fingerprint density at radius 1 is 1.61 bits per heavy atom. The second-order valence-electron chi connectivity index (χ2n) is 5.22. The molecule has 0 saturated carbocycles. The monoisotopic (exact) mass is 257 g/mol. The molecule has 0 bridgehead atoms. The fourth-order valence-electron chi connectivity index (χ4n) is 2.34. The first-order valence-corrected chi connectivity index (χ1v) is 6.55. The number of methoxy groups -OCH3 is 1. The lowest BCUT2D eigenvalue weighted by molar-refractivity contribution is 0.178. The van der Waals surface area contributed by atoms with Crippen LogP contribution in [0.3, 0.4) is 0 Å². The van der Waals surface area contributed by atoms with E-state index in [1.54, 1.807) is 7.11 Å². The molecule has 0 aromatic heterocycles. The van der Waals surface area contributed by atoms with Crippen LogP contribution in [0.25, 0.3) is 0 Å². The van der Waals surface area contributed by atoms with Crippen LogP contribution in [0, 0.1) is 5.92 Å². The first-order valence-electron chi connectivity index (χ1n) is 6.55. The van der Waals surface area contributed by atoms with Crippen molar-refractivity contribution in [1.82, 2.24) is 15.6 Å². The third-order valence-electron chi connectivity index (χ3n) is 3.29. The van der Waals surface area contributed by atoms with Crippen molar-refractivity contribution in [3.63, 3.8) is 0 Å². The summed E-state index contributed by atoms with van der Waals surface area (Å²) in [6.07, 6.45) is 1.07. The van der Waals surface area contributed by atoms with Crippen LogP contribution in [-0.2, 0) is 4.74 Å². The van der Waals surface area contributed by atoms with Gasteiger partial charge in [-0.05, 0) is 32.9 Å². The quantitative estimate of drug-likeness (QED) is 0.281. The minimum atomic E-state index is 0.186. The predicted octanol–water partition coefficient (Wildman–Crippen LogP) is -0.230. The van der Waals surface area contributed by atoms with Gasteiger partial charge in [0, 0.05) is 19.7 Å². The molecule has 0 aromatic rings. The Hall–Kier alpha value is -0.850. The molecule has 4 N–H and O–H groups in total. The zero-order chi connectivity index (χ0) is 13.5. The number of hydrazine groups is 1. The Kier molecular flexibility index (Phi) is 6.38. The predicted molar refractivity (Wildman–Crippen MR) is 74.3 cm³/mol. The molecule has 1 rings (SSSR count). The van der Waals surface area contributed by atoms with E-state index in [9.17, 15) is 0 Å². The molecule has 1 fully saturated rings. The Morgan fingerprint density at radius 2 is 2.33 bits per heavy atom. The number of aliphatic imine (C=N–C) groups is 1. The van der Waals surface area contributed by atoms with Gasteiger partial charge in [0.05, 0.1) is 12.6 Å². The minimum Gasteiger partial charge on any atom is -0.383 e. The molecule has 0 aliphatic carbocycles. The third kappa shape index (κ3) is 4.80. The van der Waals surface area contributed by atoms with Gasteiger partial charge in [0.2, 0.25) is 5.96 Å². The van der Waals surface area contributed by atoms with E-state index in [-0.39, 0.29) is 6.04 Å². The number of ether oxygens (including phenoxy) is 1. The molecule has 1 aliphatic heterocycles. The van der Waals surface area contributed by atoms with Crippen molar-refractivity contribution in [2.24, 2.45) is 16.8 Å². The number of rotatable bonds is 4. The van der Waals surface area contributed by atoms with Gasteiger partial charge in [-0.2, -0.15) is 0 Å². The lowest BCUT2D eigenvalue weighted by Crippen LogP contribution is -2.48. The average Bonchev–Trinajstić information content (AvgIpc) is 2.31. The number of likely N-dealkylation sites (tertiary alicyclic amines) is 1. The normalized spacial score (nSPS) is 27.9. The number of nitrogens with two attached hydrogens (primary N) is 1. The first-order chi connectivity index (χ1) is 8.56. The van der Waals surface area contributed by atoms with Crippen LogP contribution in [0.15, 0.2) is 4.99 Å². The molecule has 0 radical (unpaired) electrons. The highest BCUT2D eigenvalue weighted by Crippen LogP contribution is 2.18. The van der Waals surface area contributed by atoms with Crippen molar-refractivity contribution >= 4 is 5.96 Å². The van der Waals surface area contributed by atoms with E-state index in [0.717, 1.165) is 19.5 Å². The number of guanidine groups is 1. The molecule has 6 heteroatoms. The molecule has 18 heavy (non-hydrogen) atoms. The van der Waals surface area contributed by atoms with E-state index in [1.807, 2.05) is 6.92 Å². The van der Waals surface area contributed by atoms with Gasteiger partial charge in [-0.25, -0.2) is 10.8 Å². The fourth-order valence-corrected chi connectivity index (χ4v) is 2.34. The van der Waals surface area contributed by atoms with Gasteiger partial charge in [-0.15, -0.1) is 0 Å². The number of nitrogens with one attached hydrogen (secondary N) is 2. The number of hydrogen-bond donors (Lipinski definition) is 3. The van der Waals surface area contributed by atoms with Crippen LogP contribution in [0.1, 0.15) is 20.3 Å². The molecule has 1 saturated heterocycles. The van der Waals surface area contributed by atoms with Crippen LogP contribution in [0.5, 0.6) is 0 Å². The van der Waals surface area contributed by atoms with Gasteiger partial charge in [0.15, 0.2) is 0 Å². The lowest BCUT2D eigenvalue weighted by Gasteiger charge is -2.33. The molecule has 3 atom stereocenters. The van der Waals surface area contributed by atoms with Crippen molar-refractivity contribution < 1.29 is 4.74 Å². The SMILES string of the molecule is COCC(C)NC(=NC1CCN(C)CC1C)NN. The van der Waals surface area contributed by atoms with Gasteiger partial charge >= 0.3 is 0 Å². The summed E-state index contributed by atoms with van der Waals surface area (Å²) in [6, 6.07) is 0.515. The number of nitrogens with zero attached hydrogens (tertiary/aromatic N) is 2. The molecule has 3 unspecified atom stereocenters. The van der Waals surface area contributed by atoms with E-state index in [0.29, 0.717) is 24.5 Å². The molecular weight excluding hydrogens is 230 g/mol. The molecule has 1 aliphatic rings. The van der Waals surface area contributed by atoms with Gasteiger partial charge < -0.3 is 15.0 Å². The highest BCUT2D eigenvalue weighted by Gasteiger charge is 2.24. The maximum absolute atomic E-state index is 5.51. The van der Waals surface area contributed by atoms with E-state index >= 15 is 0 Å². The Morgan fingerprint density at radius 3 is 2.89 bits per heavy atom. The second-order valence-corrected chi connectivity index (χ2v) is 5.22. The smallest absolute Gasteiger partial charge is 0.206 e. The van der Waals surface area contributed by atoms with Crippen LogP contribution >= 0.6 is 0 Å². The Balaban J connectivity index is 2.55. The molecule has 106 valence electrons. The third-order valence-corrected chi connectivity index (χ3v) is 3.29. The molecule has 0 amide bonds. The lowest BCUT2D eigenvalue weighted by atomic mass is 9.95. The van der Waals surface area contributed by atoms with Crippen LogP contribution in [0.2, 0.25) is 0 Å². The molecule has 1 heterocycles. The topological polar surface area (TPSA) is 74.9 Å². The summed E-state index contributed by atoms with van der Waals surface area (Å²) in [5.41, 5.74) is 2.64. The van der Waals surface area contributed by atoms with E-state index in [4.69, 9.17) is 10.6 Å². The minimum absolute atomic E-state index is 0.186. The highest BCUT2D eigenvalue weighted by atomic mass is 16.5. The number of piperidine rings is 1. The van der Waals surface area contributed by atoms with Gasteiger partial charge in [-0.3, -0.25) is 5.43 Å². The second kappa shape index (κ2) is 7.56. The molecule has 6 nitrogen and oxygen atoms in total. The van der Waals surface area contributed by atoms with Crippen LogP contribution in [0.4, 0.5) is 0 Å². The summed E-state index contributed by atoms with van der Waals surface area (Å²) in [5, 5.41) is 3.22. The standard InChI is InChI=1S/C12H27N5O/c1-9-7-17(3)6-5-11(9)15-12(16-13)14-10(2)8-18-4/h9-11H,5-8,13H2,1-4H3,(H2,14,15,16). The van der Waals surface area contributed by atoms with Gasteiger partial charge in [0.1, 0.15) is 0 Å².